The SMILES string of the molecule is CC(=O)Nc1cccc2ccc(O)c(N=Nc3cc([N+](=O)[O-])ccc3O)c12.CC(=O)Nc1cccc2ccc(O)c(N=Nc3cc([N+](=O)[O-])ccc3O)c12.[Cr]. The van der Waals surface area contributed by atoms with Gasteiger partial charge < -0.3 is 31.1 Å². The molecule has 0 radical (unpaired) electrons. The number of carbonyl (C=O) groups excluding carboxylic acids is 2. The molecule has 2 amide bonds. The van der Waals surface area contributed by atoms with E-state index < -0.39 is 9.85 Å². The molecule has 0 fully saturated rings. The standard InChI is InChI=1S/2C18H14N4O5.Cr/c2*1-10(23)19-13-4-2-3-11-5-7-16(25)18(17(11)13)21-20-14-9-12(22(26)27)6-8-15(14)24;/h2*2-9,24-25H,1H3,(H,19,23);. The van der Waals surface area contributed by atoms with Crippen molar-refractivity contribution in [2.75, 3.05) is 10.6 Å². The Morgan fingerprint density at radius 3 is 1.25 bits per heavy atom. The van der Waals surface area contributed by atoms with Gasteiger partial charge in [0, 0.05) is 66.2 Å². The topological polar surface area (TPSA) is 275 Å². The van der Waals surface area contributed by atoms with E-state index in [0.717, 1.165) is 36.4 Å². The molecule has 6 aromatic rings. The normalized spacial score (nSPS) is 10.8. The largest absolute Gasteiger partial charge is 0.506 e. The number of carbonyl (C=O) groups is 2. The Labute approximate surface area is 320 Å². The number of rotatable bonds is 8. The number of nitro benzene ring substituents is 2. The molecule has 0 aliphatic rings. The fraction of sp³-hybridized carbons (Fsp3) is 0.0556. The van der Waals surface area contributed by atoms with Crippen LogP contribution in [0.2, 0.25) is 0 Å². The van der Waals surface area contributed by atoms with Crippen LogP contribution in [-0.2, 0) is 27.0 Å². The van der Waals surface area contributed by atoms with Gasteiger partial charge in [-0.3, -0.25) is 29.8 Å². The van der Waals surface area contributed by atoms with Gasteiger partial charge in [-0.25, -0.2) is 0 Å². The van der Waals surface area contributed by atoms with Crippen LogP contribution in [-0.4, -0.2) is 42.1 Å². The molecule has 0 saturated carbocycles. The average molecular weight is 785 g/mol. The second-order valence-corrected chi connectivity index (χ2v) is 11.3. The predicted octanol–water partition coefficient (Wildman–Crippen LogP) is 9.06. The van der Waals surface area contributed by atoms with Gasteiger partial charge in [0.1, 0.15) is 45.7 Å². The van der Waals surface area contributed by atoms with Gasteiger partial charge in [0.2, 0.25) is 11.8 Å². The molecular formula is C36H28CrN8O10. The number of hydrogen-bond acceptors (Lipinski definition) is 14. The summed E-state index contributed by atoms with van der Waals surface area (Å²) in [5, 5.41) is 85.2. The Morgan fingerprint density at radius 1 is 0.545 bits per heavy atom. The molecule has 6 N–H and O–H groups in total. The molecular weight excluding hydrogens is 756 g/mol. The molecule has 0 aliphatic heterocycles. The maximum absolute atomic E-state index is 11.5. The number of fused-ring (bicyclic) bond motifs is 2. The van der Waals surface area contributed by atoms with Gasteiger partial charge in [-0.05, 0) is 47.2 Å². The van der Waals surface area contributed by atoms with E-state index in [1.54, 1.807) is 48.5 Å². The number of benzene rings is 6. The fourth-order valence-corrected chi connectivity index (χ4v) is 5.11. The molecule has 0 aliphatic carbocycles. The molecule has 0 bridgehead atoms. The summed E-state index contributed by atoms with van der Waals surface area (Å²) >= 11 is 0. The summed E-state index contributed by atoms with van der Waals surface area (Å²) in [6.07, 6.45) is 0. The van der Waals surface area contributed by atoms with Crippen LogP contribution in [0.3, 0.4) is 0 Å². The van der Waals surface area contributed by atoms with E-state index >= 15 is 0 Å². The maximum Gasteiger partial charge on any atom is 0.271 e. The molecule has 6 aromatic carbocycles. The van der Waals surface area contributed by atoms with Gasteiger partial charge in [-0.2, -0.15) is 0 Å². The van der Waals surface area contributed by atoms with E-state index in [1.165, 1.54) is 26.0 Å². The number of anilines is 2. The summed E-state index contributed by atoms with van der Waals surface area (Å²) in [6.45, 7) is 2.70. The number of aromatic hydroxyl groups is 4. The zero-order valence-electron chi connectivity index (χ0n) is 28.6. The molecule has 0 aromatic heterocycles. The summed E-state index contributed by atoms with van der Waals surface area (Å²) in [6, 6.07) is 23.1. The molecule has 6 rings (SSSR count). The first-order valence-corrected chi connectivity index (χ1v) is 15.6. The van der Waals surface area contributed by atoms with Gasteiger partial charge in [-0.15, -0.1) is 20.5 Å². The number of hydrogen-bond donors (Lipinski definition) is 6. The van der Waals surface area contributed by atoms with Gasteiger partial charge in [0.15, 0.2) is 0 Å². The predicted molar refractivity (Wildman–Crippen MR) is 198 cm³/mol. The van der Waals surface area contributed by atoms with Crippen molar-refractivity contribution in [3.8, 4) is 23.0 Å². The van der Waals surface area contributed by atoms with Crippen molar-refractivity contribution in [3.05, 3.63) is 117 Å². The van der Waals surface area contributed by atoms with Crippen LogP contribution in [0.4, 0.5) is 45.5 Å². The molecule has 0 unspecified atom stereocenters. The Morgan fingerprint density at radius 2 is 0.909 bits per heavy atom. The number of azo groups is 2. The van der Waals surface area contributed by atoms with Crippen LogP contribution >= 0.6 is 0 Å². The van der Waals surface area contributed by atoms with Crippen LogP contribution in [0.25, 0.3) is 21.5 Å². The summed E-state index contributed by atoms with van der Waals surface area (Å²) in [7, 11) is 0. The number of amides is 2. The number of nitrogens with zero attached hydrogens (tertiary/aromatic N) is 6. The molecule has 0 heterocycles. The first-order chi connectivity index (χ1) is 25.7. The van der Waals surface area contributed by atoms with Crippen LogP contribution in [0.5, 0.6) is 23.0 Å². The summed E-state index contributed by atoms with van der Waals surface area (Å²) in [4.78, 5) is 43.4. The minimum absolute atomic E-state index is 0. The molecule has 0 atom stereocenters. The Hall–Kier alpha value is -7.49. The summed E-state index contributed by atoms with van der Waals surface area (Å²) in [5.74, 6) is -1.60. The van der Waals surface area contributed by atoms with Crippen molar-refractivity contribution in [3.63, 3.8) is 0 Å². The van der Waals surface area contributed by atoms with E-state index in [2.05, 4.69) is 31.1 Å². The van der Waals surface area contributed by atoms with Crippen molar-refractivity contribution in [2.45, 2.75) is 13.8 Å². The average Bonchev–Trinajstić information content (AvgIpc) is 3.12. The summed E-state index contributed by atoms with van der Waals surface area (Å²) in [5.41, 5.74) is 0.188. The van der Waals surface area contributed by atoms with Crippen molar-refractivity contribution in [1.82, 2.24) is 0 Å². The number of phenolic OH excluding ortho intramolecular Hbond substituents is 4. The minimum Gasteiger partial charge on any atom is -0.506 e. The van der Waals surface area contributed by atoms with Gasteiger partial charge in [-0.1, -0.05) is 36.4 Å². The Balaban J connectivity index is 0.000000240. The third-order valence-electron chi connectivity index (χ3n) is 7.47. The Kier molecular flexibility index (Phi) is 12.7. The van der Waals surface area contributed by atoms with Gasteiger partial charge in [0.05, 0.1) is 21.2 Å². The quantitative estimate of drug-likeness (QED) is 0.0483. The molecule has 18 nitrogen and oxygen atoms in total. The van der Waals surface area contributed by atoms with Crippen molar-refractivity contribution >= 4 is 78.9 Å². The Bertz CT molecular complexity index is 2370. The van der Waals surface area contributed by atoms with E-state index in [0.29, 0.717) is 32.9 Å². The fourth-order valence-electron chi connectivity index (χ4n) is 5.11. The van der Waals surface area contributed by atoms with E-state index in [9.17, 15) is 50.2 Å². The zero-order valence-corrected chi connectivity index (χ0v) is 29.8. The van der Waals surface area contributed by atoms with Crippen LogP contribution in [0, 0.1) is 20.2 Å². The summed E-state index contributed by atoms with van der Waals surface area (Å²) < 4.78 is 0. The molecule has 278 valence electrons. The monoisotopic (exact) mass is 784 g/mol. The molecule has 55 heavy (non-hydrogen) atoms. The first kappa shape index (κ1) is 40.3. The van der Waals surface area contributed by atoms with E-state index in [1.807, 2.05) is 0 Å². The number of nitrogens with one attached hydrogen (secondary N) is 2. The van der Waals surface area contributed by atoms with Crippen molar-refractivity contribution in [2.24, 2.45) is 20.5 Å². The molecule has 19 heteroatoms. The zero-order chi connectivity index (χ0) is 39.1. The molecule has 0 saturated heterocycles. The number of phenols is 4. The number of nitro groups is 2. The second-order valence-electron chi connectivity index (χ2n) is 11.3. The van der Waals surface area contributed by atoms with Crippen molar-refractivity contribution < 1.29 is 57.2 Å². The van der Waals surface area contributed by atoms with Gasteiger partial charge in [0.25, 0.3) is 11.4 Å². The second kappa shape index (κ2) is 17.4. The van der Waals surface area contributed by atoms with Crippen LogP contribution in [0.1, 0.15) is 13.8 Å². The van der Waals surface area contributed by atoms with Crippen LogP contribution < -0.4 is 10.6 Å². The van der Waals surface area contributed by atoms with Gasteiger partial charge >= 0.3 is 0 Å². The van der Waals surface area contributed by atoms with Crippen LogP contribution in [0.15, 0.2) is 118 Å². The minimum atomic E-state index is -0.622. The van der Waals surface area contributed by atoms with Crippen molar-refractivity contribution in [1.29, 1.82) is 0 Å². The smallest absolute Gasteiger partial charge is 0.271 e. The van der Waals surface area contributed by atoms with E-state index in [4.69, 9.17) is 0 Å². The molecule has 0 spiro atoms. The van der Waals surface area contributed by atoms with E-state index in [-0.39, 0.29) is 86.3 Å². The maximum atomic E-state index is 11.5. The first-order valence-electron chi connectivity index (χ1n) is 15.6. The third kappa shape index (κ3) is 9.50. The number of non-ortho nitro benzene ring substituents is 2. The third-order valence-corrected chi connectivity index (χ3v) is 7.47.